The van der Waals surface area contributed by atoms with E-state index in [-0.39, 0.29) is 49.5 Å². The quantitative estimate of drug-likeness (QED) is 0.606. The Labute approximate surface area is 196 Å². The minimum absolute atomic E-state index is 0.0238. The Kier molecular flexibility index (Phi) is 5.27. The molecule has 3 N–H and O–H groups in total. The highest BCUT2D eigenvalue weighted by atomic mass is 16.6. The molecule has 3 aliphatic heterocycles. The van der Waals surface area contributed by atoms with Crippen molar-refractivity contribution in [2.24, 2.45) is 5.92 Å². The second-order valence-corrected chi connectivity index (χ2v) is 10.7. The average Bonchev–Trinajstić information content (AvgIpc) is 3.47. The fourth-order valence-electron chi connectivity index (χ4n) is 5.32. The van der Waals surface area contributed by atoms with E-state index in [0.717, 1.165) is 12.8 Å². The Balaban J connectivity index is 1.17. The van der Waals surface area contributed by atoms with Crippen LogP contribution in [0.15, 0.2) is 18.2 Å². The van der Waals surface area contributed by atoms with Gasteiger partial charge in [-0.1, -0.05) is 0 Å². The molecule has 0 radical (unpaired) electrons. The fraction of sp³-hybridized carbons (Fsp3) is 0.609. The van der Waals surface area contributed by atoms with Gasteiger partial charge in [-0.25, -0.2) is 4.79 Å². The lowest BCUT2D eigenvalue weighted by Crippen LogP contribution is -2.68. The number of carbonyl (C=O) groups excluding carboxylic acids is 3. The van der Waals surface area contributed by atoms with E-state index in [1.807, 2.05) is 4.90 Å². The van der Waals surface area contributed by atoms with Crippen LogP contribution in [0.5, 0.6) is 0 Å². The number of likely N-dealkylation sites (tertiary alicyclic amines) is 1. The summed E-state index contributed by atoms with van der Waals surface area (Å²) in [5, 5.41) is 24.1. The summed E-state index contributed by atoms with van der Waals surface area (Å²) in [7, 11) is 0. The van der Waals surface area contributed by atoms with E-state index in [4.69, 9.17) is 4.74 Å². The zero-order chi connectivity index (χ0) is 24.3. The molecule has 11 heteroatoms. The predicted octanol–water partition coefficient (Wildman–Crippen LogP) is 1.05. The third-order valence-corrected chi connectivity index (χ3v) is 6.89. The van der Waals surface area contributed by atoms with Gasteiger partial charge in [0.15, 0.2) is 0 Å². The van der Waals surface area contributed by atoms with Crippen LogP contribution >= 0.6 is 0 Å². The van der Waals surface area contributed by atoms with Crippen LogP contribution in [0.2, 0.25) is 0 Å². The van der Waals surface area contributed by atoms with Crippen molar-refractivity contribution in [2.45, 2.75) is 63.3 Å². The molecular formula is C23H30N6O5. The van der Waals surface area contributed by atoms with Gasteiger partial charge < -0.3 is 25.0 Å². The third kappa shape index (κ3) is 4.08. The minimum atomic E-state index is -1.17. The number of aromatic amines is 1. The van der Waals surface area contributed by atoms with Crippen molar-refractivity contribution in [1.29, 1.82) is 0 Å². The van der Waals surface area contributed by atoms with Crippen LogP contribution in [0.4, 0.5) is 4.79 Å². The number of aliphatic hydroxyl groups is 1. The molecule has 0 spiro atoms. The number of carbonyl (C=O) groups is 3. The molecule has 34 heavy (non-hydrogen) atoms. The second-order valence-electron chi connectivity index (χ2n) is 10.7. The van der Waals surface area contributed by atoms with Crippen molar-refractivity contribution in [3.8, 4) is 0 Å². The van der Waals surface area contributed by atoms with Crippen LogP contribution in [-0.4, -0.2) is 91.1 Å². The summed E-state index contributed by atoms with van der Waals surface area (Å²) < 4.78 is 5.31. The van der Waals surface area contributed by atoms with Gasteiger partial charge in [-0.3, -0.25) is 9.59 Å². The second kappa shape index (κ2) is 7.93. The molecule has 3 amide bonds. The van der Waals surface area contributed by atoms with Gasteiger partial charge in [-0.15, -0.1) is 0 Å². The minimum Gasteiger partial charge on any atom is -0.444 e. The van der Waals surface area contributed by atoms with Gasteiger partial charge in [-0.2, -0.15) is 15.4 Å². The molecule has 0 aliphatic carbocycles. The van der Waals surface area contributed by atoms with Crippen LogP contribution in [0.1, 0.15) is 50.4 Å². The number of β-amino-alcohol motifs (C(OH)–C–C–N with tert-alkyl or cyclic N) is 1. The lowest BCUT2D eigenvalue weighted by atomic mass is 9.88. The first kappa shape index (κ1) is 22.6. The van der Waals surface area contributed by atoms with E-state index in [0.29, 0.717) is 23.0 Å². The summed E-state index contributed by atoms with van der Waals surface area (Å²) in [5.41, 5.74) is 0.0704. The summed E-state index contributed by atoms with van der Waals surface area (Å²) in [6, 6.07) is 5.07. The van der Waals surface area contributed by atoms with E-state index >= 15 is 0 Å². The molecule has 2 bridgehead atoms. The maximum atomic E-state index is 13.3. The van der Waals surface area contributed by atoms with Crippen LogP contribution in [0.3, 0.4) is 0 Å². The molecule has 1 aromatic carbocycles. The van der Waals surface area contributed by atoms with Crippen molar-refractivity contribution in [3.05, 3.63) is 23.8 Å². The molecule has 0 unspecified atom stereocenters. The normalized spacial score (nSPS) is 25.4. The summed E-state index contributed by atoms with van der Waals surface area (Å²) in [6.07, 6.45) is 1.78. The molecule has 1 aromatic heterocycles. The van der Waals surface area contributed by atoms with Gasteiger partial charge in [0.25, 0.3) is 5.91 Å². The topological polar surface area (TPSA) is 141 Å². The number of nitrogens with one attached hydrogen (secondary N) is 2. The first-order chi connectivity index (χ1) is 16.0. The van der Waals surface area contributed by atoms with Crippen molar-refractivity contribution in [3.63, 3.8) is 0 Å². The number of hydrogen-bond donors (Lipinski definition) is 3. The largest absolute Gasteiger partial charge is 0.444 e. The molecule has 3 saturated heterocycles. The van der Waals surface area contributed by atoms with Gasteiger partial charge in [-0.05, 0) is 58.2 Å². The van der Waals surface area contributed by atoms with Gasteiger partial charge >= 0.3 is 6.09 Å². The summed E-state index contributed by atoms with van der Waals surface area (Å²) in [5.74, 6) is -0.580. The van der Waals surface area contributed by atoms with Gasteiger partial charge in [0, 0.05) is 24.2 Å². The Morgan fingerprint density at radius 3 is 2.68 bits per heavy atom. The SMILES string of the molecule is CC(C)(C)OC(=O)N1CC(O)(CNC(=O)[C@H]2C[C@@H]3CC[C@H]2N3C(=O)c2ccc3n[nH]nc3c2)C1. The highest BCUT2D eigenvalue weighted by Gasteiger charge is 2.52. The predicted molar refractivity (Wildman–Crippen MR) is 121 cm³/mol. The van der Waals surface area contributed by atoms with E-state index in [9.17, 15) is 19.5 Å². The third-order valence-electron chi connectivity index (χ3n) is 6.89. The number of aromatic nitrogens is 3. The molecule has 0 saturated carbocycles. The Morgan fingerprint density at radius 1 is 1.21 bits per heavy atom. The maximum Gasteiger partial charge on any atom is 0.410 e. The van der Waals surface area contributed by atoms with Crippen LogP contribution in [0, 0.1) is 5.92 Å². The zero-order valence-electron chi connectivity index (χ0n) is 19.6. The fourth-order valence-corrected chi connectivity index (χ4v) is 5.32. The molecule has 3 aliphatic rings. The standard InChI is InChI=1S/C23H30N6O5/c1-22(2,3)34-21(32)28-11-23(33,12-28)10-24-19(30)15-9-14-5-7-18(15)29(14)20(31)13-4-6-16-17(8-13)26-27-25-16/h4,6,8,14-15,18,33H,5,7,9-12H2,1-3H3,(H,24,30)(H,25,26,27)/t14-,15-,18+/m0/s1. The smallest absolute Gasteiger partial charge is 0.410 e. The van der Waals surface area contributed by atoms with E-state index in [1.165, 1.54) is 4.90 Å². The highest BCUT2D eigenvalue weighted by Crippen LogP contribution is 2.42. The molecule has 3 atom stereocenters. The number of rotatable bonds is 4. The molecule has 3 fully saturated rings. The average molecular weight is 471 g/mol. The number of hydrogen-bond acceptors (Lipinski definition) is 7. The van der Waals surface area contributed by atoms with E-state index in [2.05, 4.69) is 20.7 Å². The summed E-state index contributed by atoms with van der Waals surface area (Å²) in [6.45, 7) is 5.62. The van der Waals surface area contributed by atoms with Crippen LogP contribution in [0.25, 0.3) is 11.0 Å². The number of H-pyrrole nitrogens is 1. The van der Waals surface area contributed by atoms with Crippen molar-refractivity contribution in [2.75, 3.05) is 19.6 Å². The summed E-state index contributed by atoms with van der Waals surface area (Å²) in [4.78, 5) is 41.6. The van der Waals surface area contributed by atoms with Crippen LogP contribution in [-0.2, 0) is 9.53 Å². The molecule has 4 heterocycles. The van der Waals surface area contributed by atoms with E-state index < -0.39 is 17.3 Å². The molecule has 5 rings (SSSR count). The monoisotopic (exact) mass is 470 g/mol. The van der Waals surface area contributed by atoms with Crippen LogP contribution < -0.4 is 5.32 Å². The molecular weight excluding hydrogens is 440 g/mol. The lowest BCUT2D eigenvalue weighted by Gasteiger charge is -2.46. The number of ether oxygens (including phenoxy) is 1. The van der Waals surface area contributed by atoms with E-state index in [1.54, 1.807) is 39.0 Å². The van der Waals surface area contributed by atoms with Gasteiger partial charge in [0.2, 0.25) is 5.91 Å². The zero-order valence-corrected chi connectivity index (χ0v) is 19.6. The van der Waals surface area contributed by atoms with Crippen molar-refractivity contribution < 1.29 is 24.2 Å². The van der Waals surface area contributed by atoms with Crippen molar-refractivity contribution >= 4 is 28.9 Å². The number of amides is 3. The van der Waals surface area contributed by atoms with Gasteiger partial charge in [0.05, 0.1) is 19.0 Å². The highest BCUT2D eigenvalue weighted by molar-refractivity contribution is 5.98. The maximum absolute atomic E-state index is 13.3. The summed E-state index contributed by atoms with van der Waals surface area (Å²) >= 11 is 0. The first-order valence-electron chi connectivity index (χ1n) is 11.6. The van der Waals surface area contributed by atoms with Gasteiger partial charge in [0.1, 0.15) is 22.2 Å². The van der Waals surface area contributed by atoms with Crippen molar-refractivity contribution in [1.82, 2.24) is 30.5 Å². The Morgan fingerprint density at radius 2 is 1.94 bits per heavy atom. The first-order valence-corrected chi connectivity index (χ1v) is 11.6. The molecule has 2 aromatic rings. The number of nitrogens with zero attached hydrogens (tertiary/aromatic N) is 4. The number of fused-ring (bicyclic) bond motifs is 3. The molecule has 11 nitrogen and oxygen atoms in total. The Hall–Kier alpha value is -3.21. The number of benzene rings is 1. The Bertz CT molecular complexity index is 1130. The lowest BCUT2D eigenvalue weighted by molar-refractivity contribution is -0.130. The molecule has 182 valence electrons.